The lowest BCUT2D eigenvalue weighted by molar-refractivity contribution is 0.0840. The zero-order valence-corrected chi connectivity index (χ0v) is 13.3. The Bertz CT molecular complexity index is 639. The van der Waals surface area contributed by atoms with Gasteiger partial charge in [-0.15, -0.1) is 0 Å². The number of hydrogen-bond acceptors (Lipinski definition) is 3. The van der Waals surface area contributed by atoms with E-state index >= 15 is 0 Å². The second-order valence-electron chi connectivity index (χ2n) is 6.08. The third-order valence-electron chi connectivity index (χ3n) is 4.12. The summed E-state index contributed by atoms with van der Waals surface area (Å²) in [6.07, 6.45) is 0.257. The molecule has 2 aromatic carbocycles. The summed E-state index contributed by atoms with van der Waals surface area (Å²) in [6.45, 7) is 6.53. The maximum absolute atomic E-state index is 6.47. The van der Waals surface area contributed by atoms with Crippen LogP contribution in [0.1, 0.15) is 25.5 Å². The van der Waals surface area contributed by atoms with Crippen LogP contribution in [0.2, 0.25) is 0 Å². The summed E-state index contributed by atoms with van der Waals surface area (Å²) in [5.41, 5.74) is 11.4. The van der Waals surface area contributed by atoms with Gasteiger partial charge in [0, 0.05) is 30.4 Å². The van der Waals surface area contributed by atoms with Crippen molar-refractivity contribution in [1.82, 2.24) is 0 Å². The number of ether oxygens (including phenoxy) is 1. The number of para-hydroxylation sites is 1. The molecular weight excluding hydrogens is 272 g/mol. The molecule has 1 atom stereocenters. The van der Waals surface area contributed by atoms with Crippen LogP contribution in [0.4, 0.5) is 5.69 Å². The number of nitrogens with zero attached hydrogens (tertiary/aromatic N) is 1. The van der Waals surface area contributed by atoms with Crippen molar-refractivity contribution < 1.29 is 4.74 Å². The van der Waals surface area contributed by atoms with Gasteiger partial charge in [-0.2, -0.15) is 0 Å². The summed E-state index contributed by atoms with van der Waals surface area (Å²) in [5.74, 6) is 0. The maximum atomic E-state index is 6.47. The van der Waals surface area contributed by atoms with E-state index in [4.69, 9.17) is 10.5 Å². The van der Waals surface area contributed by atoms with Crippen LogP contribution in [0.5, 0.6) is 0 Å². The van der Waals surface area contributed by atoms with Crippen molar-refractivity contribution in [2.45, 2.75) is 26.0 Å². The molecule has 1 aliphatic rings. The van der Waals surface area contributed by atoms with E-state index in [-0.39, 0.29) is 12.1 Å². The number of fused-ring (bicyclic) bond motifs is 3. The summed E-state index contributed by atoms with van der Waals surface area (Å²) in [7, 11) is 0. The second kappa shape index (κ2) is 6.51. The summed E-state index contributed by atoms with van der Waals surface area (Å²) in [4.78, 5) is 2.35. The molecule has 116 valence electrons. The van der Waals surface area contributed by atoms with Gasteiger partial charge in [0.05, 0.1) is 12.7 Å². The normalized spacial score (nSPS) is 17.1. The van der Waals surface area contributed by atoms with Crippen LogP contribution < -0.4 is 10.6 Å². The van der Waals surface area contributed by atoms with Crippen LogP contribution in [0.15, 0.2) is 48.5 Å². The van der Waals surface area contributed by atoms with Crippen LogP contribution in [0.25, 0.3) is 11.1 Å². The van der Waals surface area contributed by atoms with Crippen molar-refractivity contribution in [1.29, 1.82) is 0 Å². The molecule has 3 rings (SSSR count). The lowest BCUT2D eigenvalue weighted by atomic mass is 9.96. The largest absolute Gasteiger partial charge is 0.377 e. The molecule has 0 aliphatic carbocycles. The van der Waals surface area contributed by atoms with E-state index in [1.807, 2.05) is 0 Å². The van der Waals surface area contributed by atoms with Crippen molar-refractivity contribution in [3.05, 3.63) is 54.1 Å². The van der Waals surface area contributed by atoms with Gasteiger partial charge in [0.25, 0.3) is 0 Å². The monoisotopic (exact) mass is 296 g/mol. The van der Waals surface area contributed by atoms with E-state index in [2.05, 4.69) is 67.3 Å². The molecule has 0 spiro atoms. The number of rotatable bonds is 4. The van der Waals surface area contributed by atoms with Crippen LogP contribution in [0.3, 0.4) is 0 Å². The predicted octanol–water partition coefficient (Wildman–Crippen LogP) is 3.60. The molecule has 0 amide bonds. The first-order chi connectivity index (χ1) is 10.7. The summed E-state index contributed by atoms with van der Waals surface area (Å²) >= 11 is 0. The molecule has 22 heavy (non-hydrogen) atoms. The van der Waals surface area contributed by atoms with Crippen LogP contribution in [-0.2, 0) is 4.74 Å². The molecular formula is C19H24N2O. The summed E-state index contributed by atoms with van der Waals surface area (Å²) < 4.78 is 5.73. The fourth-order valence-corrected chi connectivity index (χ4v) is 3.09. The minimum Gasteiger partial charge on any atom is -0.377 e. The van der Waals surface area contributed by atoms with E-state index in [0.717, 1.165) is 19.7 Å². The number of benzene rings is 2. The molecule has 1 aliphatic heterocycles. The molecule has 2 N–H and O–H groups in total. The highest BCUT2D eigenvalue weighted by Gasteiger charge is 2.23. The van der Waals surface area contributed by atoms with Crippen molar-refractivity contribution in [3.8, 4) is 11.1 Å². The number of nitrogens with two attached hydrogens (primary N) is 1. The first-order valence-electron chi connectivity index (χ1n) is 7.97. The van der Waals surface area contributed by atoms with Gasteiger partial charge in [-0.05, 0) is 31.0 Å². The Labute approximate surface area is 132 Å². The van der Waals surface area contributed by atoms with E-state index in [0.29, 0.717) is 0 Å². The topological polar surface area (TPSA) is 38.5 Å². The highest BCUT2D eigenvalue weighted by atomic mass is 16.5. The molecule has 0 saturated heterocycles. The standard InChI is InChI=1S/C19H24N2O/c1-14(2)22-12-11-21-13-18(20)16-8-4-3-7-15(16)17-9-5-6-10-19(17)21/h3-10,14,18H,11-13,20H2,1-2H3/t18-/m1/s1. The average Bonchev–Trinajstić information content (AvgIpc) is 2.64. The quantitative estimate of drug-likeness (QED) is 0.937. The second-order valence-corrected chi connectivity index (χ2v) is 6.08. The molecule has 0 unspecified atom stereocenters. The first kappa shape index (κ1) is 15.1. The zero-order valence-electron chi connectivity index (χ0n) is 13.3. The van der Waals surface area contributed by atoms with Crippen molar-refractivity contribution >= 4 is 5.69 Å². The fraction of sp³-hybridized carbons (Fsp3) is 0.368. The fourth-order valence-electron chi connectivity index (χ4n) is 3.09. The van der Waals surface area contributed by atoms with E-state index < -0.39 is 0 Å². The van der Waals surface area contributed by atoms with Gasteiger partial charge >= 0.3 is 0 Å². The Kier molecular flexibility index (Phi) is 4.46. The number of hydrogen-bond donors (Lipinski definition) is 1. The third kappa shape index (κ3) is 3.01. The molecule has 0 fully saturated rings. The lowest BCUT2D eigenvalue weighted by Crippen LogP contribution is -2.34. The highest BCUT2D eigenvalue weighted by molar-refractivity contribution is 5.82. The molecule has 0 aromatic heterocycles. The molecule has 3 heteroatoms. The average molecular weight is 296 g/mol. The molecule has 0 bridgehead atoms. The molecule has 3 nitrogen and oxygen atoms in total. The Morgan fingerprint density at radius 2 is 1.77 bits per heavy atom. The Hall–Kier alpha value is -1.84. The minimum atomic E-state index is 0.0163. The third-order valence-corrected chi connectivity index (χ3v) is 4.12. The lowest BCUT2D eigenvalue weighted by Gasteiger charge is -2.27. The zero-order chi connectivity index (χ0) is 15.5. The summed E-state index contributed by atoms with van der Waals surface area (Å²) in [6, 6.07) is 17.0. The van der Waals surface area contributed by atoms with Crippen LogP contribution >= 0.6 is 0 Å². The predicted molar refractivity (Wildman–Crippen MR) is 92.1 cm³/mol. The van der Waals surface area contributed by atoms with Gasteiger partial charge in [0.2, 0.25) is 0 Å². The van der Waals surface area contributed by atoms with Crippen LogP contribution in [-0.4, -0.2) is 25.8 Å². The summed E-state index contributed by atoms with van der Waals surface area (Å²) in [5, 5.41) is 0. The maximum Gasteiger partial charge on any atom is 0.0645 e. The van der Waals surface area contributed by atoms with Crippen molar-refractivity contribution in [2.24, 2.45) is 5.73 Å². The van der Waals surface area contributed by atoms with Crippen LogP contribution in [0, 0.1) is 0 Å². The Balaban J connectivity index is 1.96. The van der Waals surface area contributed by atoms with Gasteiger partial charge in [0.15, 0.2) is 0 Å². The molecule has 0 saturated carbocycles. The number of anilines is 1. The minimum absolute atomic E-state index is 0.0163. The van der Waals surface area contributed by atoms with E-state index in [1.165, 1.54) is 22.4 Å². The van der Waals surface area contributed by atoms with Gasteiger partial charge in [-0.1, -0.05) is 42.5 Å². The first-order valence-corrected chi connectivity index (χ1v) is 7.97. The Morgan fingerprint density at radius 1 is 1.09 bits per heavy atom. The van der Waals surface area contributed by atoms with Gasteiger partial charge in [-0.25, -0.2) is 0 Å². The SMILES string of the molecule is CC(C)OCCN1C[C@@H](N)c2ccccc2-c2ccccc21. The molecule has 2 aromatic rings. The Morgan fingerprint density at radius 3 is 2.55 bits per heavy atom. The van der Waals surface area contributed by atoms with Gasteiger partial charge < -0.3 is 15.4 Å². The molecule has 1 heterocycles. The van der Waals surface area contributed by atoms with Gasteiger partial charge in [0.1, 0.15) is 0 Å². The van der Waals surface area contributed by atoms with Gasteiger partial charge in [-0.3, -0.25) is 0 Å². The smallest absolute Gasteiger partial charge is 0.0645 e. The van der Waals surface area contributed by atoms with E-state index in [9.17, 15) is 0 Å². The van der Waals surface area contributed by atoms with E-state index in [1.54, 1.807) is 0 Å². The van der Waals surface area contributed by atoms with Crippen molar-refractivity contribution in [3.63, 3.8) is 0 Å². The highest BCUT2D eigenvalue weighted by Crippen LogP contribution is 2.38. The molecule has 0 radical (unpaired) electrons. The van der Waals surface area contributed by atoms with Crippen molar-refractivity contribution in [2.75, 3.05) is 24.6 Å².